The molecule has 0 aliphatic heterocycles. The van der Waals surface area contributed by atoms with Gasteiger partial charge in [-0.3, -0.25) is 0 Å². The summed E-state index contributed by atoms with van der Waals surface area (Å²) in [7, 11) is 0. The molecule has 0 bridgehead atoms. The van der Waals surface area contributed by atoms with Gasteiger partial charge in [0.1, 0.15) is 0 Å². The molecule has 4 aliphatic carbocycles. The van der Waals surface area contributed by atoms with Crippen LogP contribution in [0.25, 0.3) is 54.9 Å². The molecule has 4 aliphatic rings. The van der Waals surface area contributed by atoms with E-state index in [4.69, 9.17) is 0 Å². The van der Waals surface area contributed by atoms with Crippen molar-refractivity contribution in [2.75, 3.05) is 4.90 Å². The SMILES string of the molecule is c1ccc(C2(c3ccccc3)c3ccccc3-c3cc(N(c4ccc5c(c4)C4(c6ccccc6-5)c5ccccc5-c5cccc6ccc(C7CCCCC7)c4c56)c4cccc5ccccc45)ccc32)cc1. The molecule has 11 aromatic rings. The second kappa shape index (κ2) is 15.6. The van der Waals surface area contributed by atoms with Crippen LogP contribution in [0, 0.1) is 0 Å². The fourth-order valence-electron chi connectivity index (χ4n) is 14.3. The Bertz CT molecular complexity index is 3890. The van der Waals surface area contributed by atoms with E-state index >= 15 is 0 Å². The first-order chi connectivity index (χ1) is 35.2. The summed E-state index contributed by atoms with van der Waals surface area (Å²) in [5, 5.41) is 5.19. The van der Waals surface area contributed by atoms with E-state index in [1.807, 2.05) is 0 Å². The van der Waals surface area contributed by atoms with Gasteiger partial charge in [-0.15, -0.1) is 0 Å². The molecule has 1 saturated carbocycles. The van der Waals surface area contributed by atoms with Gasteiger partial charge in [-0.1, -0.05) is 232 Å². The van der Waals surface area contributed by atoms with Gasteiger partial charge < -0.3 is 4.90 Å². The van der Waals surface area contributed by atoms with Crippen LogP contribution in [0.1, 0.15) is 88.1 Å². The van der Waals surface area contributed by atoms with Crippen molar-refractivity contribution in [2.24, 2.45) is 0 Å². The van der Waals surface area contributed by atoms with Gasteiger partial charge >= 0.3 is 0 Å². The smallest absolute Gasteiger partial charge is 0.0729 e. The van der Waals surface area contributed by atoms with Crippen LogP contribution in [-0.4, -0.2) is 0 Å². The lowest BCUT2D eigenvalue weighted by molar-refractivity contribution is 0.440. The van der Waals surface area contributed by atoms with E-state index in [-0.39, 0.29) is 0 Å². The Morgan fingerprint density at radius 3 is 1.59 bits per heavy atom. The molecule has 0 amide bonds. The zero-order valence-electron chi connectivity index (χ0n) is 39.7. The number of hydrogen-bond donors (Lipinski definition) is 0. The predicted molar refractivity (Wildman–Crippen MR) is 296 cm³/mol. The fourth-order valence-corrected chi connectivity index (χ4v) is 14.3. The molecular formula is C70H51N. The molecular weight excluding hydrogens is 855 g/mol. The first-order valence-electron chi connectivity index (χ1n) is 25.8. The first kappa shape index (κ1) is 40.6. The highest BCUT2D eigenvalue weighted by molar-refractivity contribution is 6.08. The minimum atomic E-state index is -0.536. The topological polar surface area (TPSA) is 3.24 Å². The van der Waals surface area contributed by atoms with E-state index in [0.29, 0.717) is 5.92 Å². The molecule has 1 heteroatoms. The van der Waals surface area contributed by atoms with Crippen molar-refractivity contribution in [1.29, 1.82) is 0 Å². The van der Waals surface area contributed by atoms with E-state index in [9.17, 15) is 0 Å². The van der Waals surface area contributed by atoms with Crippen molar-refractivity contribution >= 4 is 38.6 Å². The lowest BCUT2D eigenvalue weighted by atomic mass is 9.59. The van der Waals surface area contributed by atoms with Crippen molar-refractivity contribution in [1.82, 2.24) is 0 Å². The van der Waals surface area contributed by atoms with Crippen LogP contribution in [0.4, 0.5) is 17.1 Å². The third kappa shape index (κ3) is 5.58. The second-order valence-electron chi connectivity index (χ2n) is 20.4. The molecule has 0 saturated heterocycles. The Morgan fingerprint density at radius 2 is 0.859 bits per heavy atom. The Balaban J connectivity index is 1.03. The minimum Gasteiger partial charge on any atom is -0.310 e. The predicted octanol–water partition coefficient (Wildman–Crippen LogP) is 18.2. The molecule has 336 valence electrons. The highest BCUT2D eigenvalue weighted by Crippen LogP contribution is 2.65. The van der Waals surface area contributed by atoms with Gasteiger partial charge in [-0.25, -0.2) is 0 Å². The van der Waals surface area contributed by atoms with Crippen LogP contribution < -0.4 is 4.90 Å². The number of anilines is 3. The van der Waals surface area contributed by atoms with E-state index < -0.39 is 10.8 Å². The Hall–Kier alpha value is -8.26. The molecule has 1 spiro atoms. The van der Waals surface area contributed by atoms with Crippen molar-refractivity contribution < 1.29 is 0 Å². The quantitative estimate of drug-likeness (QED) is 0.161. The third-order valence-electron chi connectivity index (χ3n) is 17.1. The molecule has 71 heavy (non-hydrogen) atoms. The largest absolute Gasteiger partial charge is 0.310 e. The maximum Gasteiger partial charge on any atom is 0.0729 e. The molecule has 1 nitrogen and oxygen atoms in total. The van der Waals surface area contributed by atoms with E-state index in [1.54, 1.807) is 0 Å². The van der Waals surface area contributed by atoms with Crippen LogP contribution in [0.3, 0.4) is 0 Å². The van der Waals surface area contributed by atoms with Gasteiger partial charge in [-0.2, -0.15) is 0 Å². The Morgan fingerprint density at radius 1 is 0.338 bits per heavy atom. The van der Waals surface area contributed by atoms with Crippen LogP contribution in [0.15, 0.2) is 243 Å². The summed E-state index contributed by atoms with van der Waals surface area (Å²) in [6.45, 7) is 0. The van der Waals surface area contributed by atoms with Gasteiger partial charge in [0.15, 0.2) is 0 Å². The average molecular weight is 906 g/mol. The third-order valence-corrected chi connectivity index (χ3v) is 17.1. The Kier molecular flexibility index (Phi) is 8.94. The number of rotatable bonds is 6. The molecule has 15 rings (SSSR count). The monoisotopic (exact) mass is 905 g/mol. The van der Waals surface area contributed by atoms with Crippen molar-refractivity contribution in [3.05, 3.63) is 293 Å². The van der Waals surface area contributed by atoms with Crippen LogP contribution in [0.2, 0.25) is 0 Å². The molecule has 1 unspecified atom stereocenters. The van der Waals surface area contributed by atoms with Crippen LogP contribution in [-0.2, 0) is 10.8 Å². The zero-order chi connectivity index (χ0) is 46.7. The highest BCUT2D eigenvalue weighted by Gasteiger charge is 2.52. The fraction of sp³-hybridized carbons (Fsp3) is 0.114. The van der Waals surface area contributed by atoms with Crippen molar-refractivity contribution in [3.8, 4) is 33.4 Å². The van der Waals surface area contributed by atoms with Gasteiger partial charge in [-0.05, 0) is 149 Å². The first-order valence-corrected chi connectivity index (χ1v) is 25.8. The van der Waals surface area contributed by atoms with E-state index in [0.717, 1.165) is 17.1 Å². The number of nitrogens with zero attached hydrogens (tertiary/aromatic N) is 1. The summed E-state index contributed by atoms with van der Waals surface area (Å²) in [6.07, 6.45) is 6.37. The average Bonchev–Trinajstić information content (AvgIpc) is 3.91. The molecule has 0 heterocycles. The Labute approximate surface area is 416 Å². The molecule has 0 N–H and O–H groups in total. The summed E-state index contributed by atoms with van der Waals surface area (Å²) in [4.78, 5) is 2.57. The normalized spacial score (nSPS) is 16.8. The molecule has 11 aromatic carbocycles. The van der Waals surface area contributed by atoms with Crippen LogP contribution in [0.5, 0.6) is 0 Å². The van der Waals surface area contributed by atoms with Gasteiger partial charge in [0.2, 0.25) is 0 Å². The van der Waals surface area contributed by atoms with E-state index in [1.165, 1.54) is 137 Å². The summed E-state index contributed by atoms with van der Waals surface area (Å²) < 4.78 is 0. The molecule has 1 atom stereocenters. The minimum absolute atomic E-state index is 0.481. The highest BCUT2D eigenvalue weighted by atomic mass is 15.1. The maximum atomic E-state index is 2.60. The molecule has 0 aromatic heterocycles. The summed E-state index contributed by atoms with van der Waals surface area (Å²) >= 11 is 0. The summed E-state index contributed by atoms with van der Waals surface area (Å²) in [5.41, 5.74) is 22.7. The van der Waals surface area contributed by atoms with Gasteiger partial charge in [0.05, 0.1) is 16.5 Å². The lowest BCUT2D eigenvalue weighted by Crippen LogP contribution is -2.34. The summed E-state index contributed by atoms with van der Waals surface area (Å²) in [5.74, 6) is 0.512. The number of fused-ring (bicyclic) bond motifs is 13. The van der Waals surface area contributed by atoms with E-state index in [2.05, 4.69) is 248 Å². The molecule has 0 radical (unpaired) electrons. The number of benzene rings is 11. The van der Waals surface area contributed by atoms with Crippen LogP contribution >= 0.6 is 0 Å². The summed E-state index contributed by atoms with van der Waals surface area (Å²) in [6, 6.07) is 92.7. The standard InChI is InChI=1S/C70H51N/c1-4-20-47(21-5-1)54-41-38-48-24-18-33-59-56-31-13-17-36-63(56)70(68(54)67(48)59)62-35-16-12-30-55(62)58-42-39-52(45-65(58)70)71(66-37-19-23-46-22-10-11-29-53(46)66)51-40-43-64-60(44-51)57-32-14-15-34-61(57)69(64,49-25-6-2-7-26-49)50-27-8-3-9-28-50/h2-3,6-19,22-45,47H,1,4-5,20-21H2. The van der Waals surface area contributed by atoms with Crippen molar-refractivity contribution in [3.63, 3.8) is 0 Å². The molecule has 1 fully saturated rings. The van der Waals surface area contributed by atoms with Gasteiger partial charge in [0.25, 0.3) is 0 Å². The lowest BCUT2D eigenvalue weighted by Gasteiger charge is -2.43. The maximum absolute atomic E-state index is 2.60. The van der Waals surface area contributed by atoms with Crippen molar-refractivity contribution in [2.45, 2.75) is 48.9 Å². The number of hydrogen-bond acceptors (Lipinski definition) is 1. The van der Waals surface area contributed by atoms with Gasteiger partial charge in [0, 0.05) is 16.8 Å². The second-order valence-corrected chi connectivity index (χ2v) is 20.4. The zero-order valence-corrected chi connectivity index (χ0v) is 39.7.